The van der Waals surface area contributed by atoms with Crippen LogP contribution in [0.4, 0.5) is 4.39 Å². The van der Waals surface area contributed by atoms with Gasteiger partial charge in [0.15, 0.2) is 11.5 Å². The predicted molar refractivity (Wildman–Crippen MR) is 68.5 cm³/mol. The highest BCUT2D eigenvalue weighted by atomic mass is 19.1. The summed E-state index contributed by atoms with van der Waals surface area (Å²) in [5.41, 5.74) is 6.71. The summed E-state index contributed by atoms with van der Waals surface area (Å²) in [6.07, 6.45) is 5.09. The van der Waals surface area contributed by atoms with E-state index in [4.69, 9.17) is 15.2 Å². The van der Waals surface area contributed by atoms with Gasteiger partial charge in [-0.1, -0.05) is 19.3 Å². The van der Waals surface area contributed by atoms with Crippen LogP contribution < -0.4 is 15.2 Å². The molecule has 0 aromatic heterocycles. The Bertz CT molecular complexity index is 428. The summed E-state index contributed by atoms with van der Waals surface area (Å²) >= 11 is 0. The number of nitrogens with two attached hydrogens (primary N) is 1. The molecule has 0 saturated heterocycles. The smallest absolute Gasteiger partial charge is 0.207 e. The minimum Gasteiger partial charge on any atom is -0.494 e. The van der Waals surface area contributed by atoms with Gasteiger partial charge in [0.1, 0.15) is 0 Å². The summed E-state index contributed by atoms with van der Waals surface area (Å²) < 4.78 is 24.3. The first-order valence-electron chi connectivity index (χ1n) is 6.32. The molecule has 3 nitrogen and oxygen atoms in total. The summed E-state index contributed by atoms with van der Waals surface area (Å²) in [6, 6.07) is 3.45. The third kappa shape index (κ3) is 2.17. The second-order valence-electron chi connectivity index (χ2n) is 4.88. The van der Waals surface area contributed by atoms with E-state index in [1.165, 1.54) is 20.6 Å². The van der Waals surface area contributed by atoms with Gasteiger partial charge in [0, 0.05) is 11.1 Å². The molecule has 2 N–H and O–H groups in total. The Morgan fingerprint density at radius 3 is 2.33 bits per heavy atom. The highest BCUT2D eigenvalue weighted by molar-refractivity contribution is 5.46. The minimum absolute atomic E-state index is 0.190. The first-order valence-corrected chi connectivity index (χ1v) is 6.32. The molecule has 0 radical (unpaired) electrons. The summed E-state index contributed by atoms with van der Waals surface area (Å²) in [4.78, 5) is 0. The van der Waals surface area contributed by atoms with E-state index >= 15 is 0 Å². The molecular formula is C14H20FNO2. The van der Waals surface area contributed by atoms with Crippen LogP contribution in [0, 0.1) is 5.82 Å². The van der Waals surface area contributed by atoms with Crippen LogP contribution in [0.25, 0.3) is 0 Å². The highest BCUT2D eigenvalue weighted by Crippen LogP contribution is 2.42. The molecule has 0 heterocycles. The number of methoxy groups -OCH3 is 2. The quantitative estimate of drug-likeness (QED) is 0.900. The van der Waals surface area contributed by atoms with Crippen molar-refractivity contribution in [2.75, 3.05) is 14.2 Å². The molecule has 0 amide bonds. The fourth-order valence-electron chi connectivity index (χ4n) is 2.74. The lowest BCUT2D eigenvalue weighted by molar-refractivity contribution is 0.280. The van der Waals surface area contributed by atoms with E-state index in [0.29, 0.717) is 0 Å². The van der Waals surface area contributed by atoms with E-state index in [9.17, 15) is 4.39 Å². The van der Waals surface area contributed by atoms with Gasteiger partial charge in [0.05, 0.1) is 14.2 Å². The van der Waals surface area contributed by atoms with Gasteiger partial charge < -0.3 is 15.2 Å². The van der Waals surface area contributed by atoms with Gasteiger partial charge >= 0.3 is 0 Å². The number of halogens is 1. The standard InChI is InChI=1S/C14H20FNO2/c1-17-11-7-6-10(13(18-2)12(11)15)14(16)8-4-3-5-9-14/h6-7H,3-5,8-9,16H2,1-2H3. The van der Waals surface area contributed by atoms with Crippen molar-refractivity contribution in [3.63, 3.8) is 0 Å². The Morgan fingerprint density at radius 2 is 1.78 bits per heavy atom. The fraction of sp³-hybridized carbons (Fsp3) is 0.571. The molecule has 1 aliphatic carbocycles. The summed E-state index contributed by atoms with van der Waals surface area (Å²) in [6.45, 7) is 0. The van der Waals surface area contributed by atoms with Crippen LogP contribution in [-0.4, -0.2) is 14.2 Å². The van der Waals surface area contributed by atoms with Crippen LogP contribution in [0.1, 0.15) is 37.7 Å². The first-order chi connectivity index (χ1) is 8.62. The van der Waals surface area contributed by atoms with E-state index in [2.05, 4.69) is 0 Å². The van der Waals surface area contributed by atoms with Crippen LogP contribution in [-0.2, 0) is 5.54 Å². The van der Waals surface area contributed by atoms with Gasteiger partial charge in [-0.2, -0.15) is 4.39 Å². The molecule has 18 heavy (non-hydrogen) atoms. The van der Waals surface area contributed by atoms with Crippen LogP contribution in [0.3, 0.4) is 0 Å². The SMILES string of the molecule is COc1ccc(C2(N)CCCCC2)c(OC)c1F. The molecule has 0 bridgehead atoms. The Hall–Kier alpha value is -1.29. The third-order valence-corrected chi connectivity index (χ3v) is 3.77. The van der Waals surface area contributed by atoms with E-state index in [1.54, 1.807) is 6.07 Å². The van der Waals surface area contributed by atoms with E-state index in [1.807, 2.05) is 6.07 Å². The van der Waals surface area contributed by atoms with Gasteiger partial charge in [-0.15, -0.1) is 0 Å². The Morgan fingerprint density at radius 1 is 1.11 bits per heavy atom. The molecule has 1 aromatic carbocycles. The highest BCUT2D eigenvalue weighted by Gasteiger charge is 2.34. The zero-order valence-corrected chi connectivity index (χ0v) is 11.0. The van der Waals surface area contributed by atoms with E-state index in [0.717, 1.165) is 31.2 Å². The van der Waals surface area contributed by atoms with Crippen molar-refractivity contribution in [2.24, 2.45) is 5.73 Å². The molecule has 100 valence electrons. The van der Waals surface area contributed by atoms with Gasteiger partial charge in [-0.3, -0.25) is 0 Å². The number of hydrogen-bond donors (Lipinski definition) is 1. The Kier molecular flexibility index (Phi) is 3.76. The summed E-state index contributed by atoms with van der Waals surface area (Å²) in [7, 11) is 2.91. The maximum absolute atomic E-state index is 14.2. The number of ether oxygens (including phenoxy) is 2. The van der Waals surface area contributed by atoms with Gasteiger partial charge in [-0.25, -0.2) is 0 Å². The van der Waals surface area contributed by atoms with Crippen LogP contribution in [0.15, 0.2) is 12.1 Å². The second kappa shape index (κ2) is 5.14. The van der Waals surface area contributed by atoms with Gasteiger partial charge in [0.25, 0.3) is 0 Å². The average Bonchev–Trinajstić information content (AvgIpc) is 2.39. The second-order valence-corrected chi connectivity index (χ2v) is 4.88. The number of benzene rings is 1. The Labute approximate surface area is 107 Å². The summed E-state index contributed by atoms with van der Waals surface area (Å²) in [5.74, 6) is -0.0540. The third-order valence-electron chi connectivity index (χ3n) is 3.77. The lowest BCUT2D eigenvalue weighted by Crippen LogP contribution is -2.39. The molecule has 0 unspecified atom stereocenters. The van der Waals surface area contributed by atoms with Gasteiger partial charge in [-0.05, 0) is 25.0 Å². The van der Waals surface area contributed by atoms with E-state index < -0.39 is 11.4 Å². The molecule has 1 aliphatic rings. The predicted octanol–water partition coefficient (Wildman–Crippen LogP) is 2.96. The van der Waals surface area contributed by atoms with Crippen molar-refractivity contribution in [1.82, 2.24) is 0 Å². The maximum Gasteiger partial charge on any atom is 0.207 e. The molecule has 0 spiro atoms. The molecule has 1 saturated carbocycles. The average molecular weight is 253 g/mol. The zero-order valence-electron chi connectivity index (χ0n) is 11.0. The van der Waals surface area contributed by atoms with Crippen LogP contribution in [0.2, 0.25) is 0 Å². The lowest BCUT2D eigenvalue weighted by Gasteiger charge is -2.35. The largest absolute Gasteiger partial charge is 0.494 e. The molecule has 1 fully saturated rings. The fourth-order valence-corrected chi connectivity index (χ4v) is 2.74. The van der Waals surface area contributed by atoms with E-state index in [-0.39, 0.29) is 11.5 Å². The molecule has 0 aliphatic heterocycles. The van der Waals surface area contributed by atoms with Crippen molar-refractivity contribution in [3.8, 4) is 11.5 Å². The van der Waals surface area contributed by atoms with Crippen molar-refractivity contribution < 1.29 is 13.9 Å². The lowest BCUT2D eigenvalue weighted by atomic mass is 9.77. The molecule has 2 rings (SSSR count). The molecule has 1 aromatic rings. The van der Waals surface area contributed by atoms with Crippen molar-refractivity contribution in [2.45, 2.75) is 37.6 Å². The number of hydrogen-bond acceptors (Lipinski definition) is 3. The summed E-state index contributed by atoms with van der Waals surface area (Å²) in [5, 5.41) is 0. The van der Waals surface area contributed by atoms with Crippen molar-refractivity contribution >= 4 is 0 Å². The minimum atomic E-state index is -0.475. The maximum atomic E-state index is 14.2. The molecule has 4 heteroatoms. The normalized spacial score (nSPS) is 18.4. The topological polar surface area (TPSA) is 44.5 Å². The first kappa shape index (κ1) is 13.1. The van der Waals surface area contributed by atoms with Crippen LogP contribution >= 0.6 is 0 Å². The zero-order chi connectivity index (χ0) is 13.2. The number of rotatable bonds is 3. The monoisotopic (exact) mass is 253 g/mol. The molecule has 0 atom stereocenters. The van der Waals surface area contributed by atoms with Crippen molar-refractivity contribution in [1.29, 1.82) is 0 Å². The van der Waals surface area contributed by atoms with Crippen molar-refractivity contribution in [3.05, 3.63) is 23.5 Å². The molecular weight excluding hydrogens is 233 g/mol. The van der Waals surface area contributed by atoms with Crippen LogP contribution in [0.5, 0.6) is 11.5 Å². The Balaban J connectivity index is 2.46. The van der Waals surface area contributed by atoms with Gasteiger partial charge in [0.2, 0.25) is 5.82 Å².